The van der Waals surface area contributed by atoms with Crippen LogP contribution >= 0.6 is 0 Å². The Morgan fingerprint density at radius 1 is 1.33 bits per heavy atom. The van der Waals surface area contributed by atoms with Crippen LogP contribution in [0.3, 0.4) is 0 Å². The Labute approximate surface area is 103 Å². The van der Waals surface area contributed by atoms with Gasteiger partial charge in [-0.1, -0.05) is 12.1 Å². The molecule has 18 heavy (non-hydrogen) atoms. The highest BCUT2D eigenvalue weighted by Crippen LogP contribution is 2.20. The lowest BCUT2D eigenvalue weighted by Gasteiger charge is -2.09. The molecule has 0 saturated carbocycles. The third-order valence-electron chi connectivity index (χ3n) is 2.61. The molecular weight excluding hydrogens is 235 g/mol. The summed E-state index contributed by atoms with van der Waals surface area (Å²) in [6.07, 6.45) is 1.49. The third-order valence-corrected chi connectivity index (χ3v) is 2.61. The quantitative estimate of drug-likeness (QED) is 0.898. The lowest BCUT2D eigenvalue weighted by Crippen LogP contribution is -2.20. The van der Waals surface area contributed by atoms with Crippen molar-refractivity contribution >= 4 is 5.69 Å². The monoisotopic (exact) mass is 248 g/mol. The average molecular weight is 248 g/mol. The van der Waals surface area contributed by atoms with Crippen LogP contribution in [0.5, 0.6) is 5.75 Å². The van der Waals surface area contributed by atoms with Gasteiger partial charge in [0, 0.05) is 23.5 Å². The summed E-state index contributed by atoms with van der Waals surface area (Å²) in [6, 6.07) is 7.68. The van der Waals surface area contributed by atoms with Gasteiger partial charge in [0.2, 0.25) is 0 Å². The van der Waals surface area contributed by atoms with E-state index in [1.165, 1.54) is 36.1 Å². The molecule has 1 aromatic carbocycles. The summed E-state index contributed by atoms with van der Waals surface area (Å²) in [4.78, 5) is 11.6. The second kappa shape index (κ2) is 4.91. The van der Waals surface area contributed by atoms with E-state index in [0.29, 0.717) is 11.3 Å². The molecule has 0 unspecified atom stereocenters. The molecule has 0 aliphatic heterocycles. The minimum absolute atomic E-state index is 0.118. The summed E-state index contributed by atoms with van der Waals surface area (Å²) in [7, 11) is 1.40. The first-order chi connectivity index (χ1) is 8.61. The summed E-state index contributed by atoms with van der Waals surface area (Å²) < 4.78 is 20.2. The van der Waals surface area contributed by atoms with Crippen molar-refractivity contribution in [1.82, 2.24) is 4.57 Å². The van der Waals surface area contributed by atoms with Crippen molar-refractivity contribution in [3.05, 3.63) is 58.3 Å². The fraction of sp³-hybridized carbons (Fsp3) is 0.154. The van der Waals surface area contributed by atoms with Gasteiger partial charge in [-0.2, -0.15) is 0 Å². The molecule has 4 nitrogen and oxygen atoms in total. The Balaban J connectivity index is 2.40. The topological polar surface area (TPSA) is 57.2 Å². The van der Waals surface area contributed by atoms with E-state index in [1.807, 2.05) is 0 Å². The Morgan fingerprint density at radius 3 is 2.83 bits per heavy atom. The minimum atomic E-state index is -0.464. The lowest BCUT2D eigenvalue weighted by molar-refractivity contribution is 0.383. The zero-order chi connectivity index (χ0) is 13.1. The van der Waals surface area contributed by atoms with E-state index in [-0.39, 0.29) is 17.9 Å². The number of hydrogen-bond donors (Lipinski definition) is 1. The van der Waals surface area contributed by atoms with Crippen molar-refractivity contribution in [3.8, 4) is 5.75 Å². The largest absolute Gasteiger partial charge is 0.494 e. The molecule has 0 fully saturated rings. The van der Waals surface area contributed by atoms with Crippen LogP contribution in [0.25, 0.3) is 0 Å². The number of ether oxygens (including phenoxy) is 1. The van der Waals surface area contributed by atoms with Gasteiger partial charge < -0.3 is 15.0 Å². The number of anilines is 1. The smallest absolute Gasteiger partial charge is 0.250 e. The van der Waals surface area contributed by atoms with Crippen LogP contribution in [-0.4, -0.2) is 11.7 Å². The SMILES string of the molecule is COc1cccc(Cn2cc(N)ccc2=O)c1F. The van der Waals surface area contributed by atoms with E-state index in [1.54, 1.807) is 12.1 Å². The van der Waals surface area contributed by atoms with Crippen molar-refractivity contribution < 1.29 is 9.13 Å². The van der Waals surface area contributed by atoms with Crippen molar-refractivity contribution in [2.75, 3.05) is 12.8 Å². The molecule has 2 rings (SSSR count). The molecule has 94 valence electrons. The molecule has 0 radical (unpaired) electrons. The molecule has 2 aromatic rings. The van der Waals surface area contributed by atoms with Gasteiger partial charge in [0.15, 0.2) is 11.6 Å². The van der Waals surface area contributed by atoms with E-state index in [0.717, 1.165) is 0 Å². The molecule has 0 saturated heterocycles. The second-order valence-electron chi connectivity index (χ2n) is 3.86. The number of nitrogens with zero attached hydrogens (tertiary/aromatic N) is 1. The van der Waals surface area contributed by atoms with E-state index in [9.17, 15) is 9.18 Å². The fourth-order valence-electron chi connectivity index (χ4n) is 1.69. The van der Waals surface area contributed by atoms with Crippen LogP contribution in [0.15, 0.2) is 41.3 Å². The lowest BCUT2D eigenvalue weighted by atomic mass is 10.2. The van der Waals surface area contributed by atoms with Gasteiger partial charge in [-0.3, -0.25) is 4.79 Å². The van der Waals surface area contributed by atoms with Crippen molar-refractivity contribution in [2.24, 2.45) is 0 Å². The molecule has 2 N–H and O–H groups in total. The molecule has 0 spiro atoms. The molecule has 0 bridgehead atoms. The molecule has 0 amide bonds. The second-order valence-corrected chi connectivity index (χ2v) is 3.86. The summed E-state index contributed by atoms with van der Waals surface area (Å²) in [5, 5.41) is 0. The maximum Gasteiger partial charge on any atom is 0.250 e. The van der Waals surface area contributed by atoms with Crippen LogP contribution in [-0.2, 0) is 6.54 Å². The molecule has 0 aliphatic rings. The molecule has 0 atom stereocenters. The van der Waals surface area contributed by atoms with Gasteiger partial charge in [0.1, 0.15) is 0 Å². The van der Waals surface area contributed by atoms with Gasteiger partial charge in [-0.05, 0) is 12.1 Å². The number of rotatable bonds is 3. The first kappa shape index (κ1) is 12.2. The van der Waals surface area contributed by atoms with Gasteiger partial charge >= 0.3 is 0 Å². The van der Waals surface area contributed by atoms with Crippen LogP contribution in [0.4, 0.5) is 10.1 Å². The normalized spacial score (nSPS) is 10.3. The van der Waals surface area contributed by atoms with Crippen LogP contribution in [0, 0.1) is 5.82 Å². The van der Waals surface area contributed by atoms with E-state index >= 15 is 0 Å². The first-order valence-corrected chi connectivity index (χ1v) is 5.39. The Hall–Kier alpha value is -2.30. The van der Waals surface area contributed by atoms with Crippen molar-refractivity contribution in [3.63, 3.8) is 0 Å². The molecule has 5 heteroatoms. The van der Waals surface area contributed by atoms with Gasteiger partial charge in [-0.25, -0.2) is 4.39 Å². The molecule has 1 heterocycles. The summed E-state index contributed by atoms with van der Waals surface area (Å²) in [6.45, 7) is 0.118. The summed E-state index contributed by atoms with van der Waals surface area (Å²) >= 11 is 0. The summed E-state index contributed by atoms with van der Waals surface area (Å²) in [5.74, 6) is -0.307. The number of pyridine rings is 1. The fourth-order valence-corrected chi connectivity index (χ4v) is 1.69. The van der Waals surface area contributed by atoms with Crippen molar-refractivity contribution in [2.45, 2.75) is 6.54 Å². The zero-order valence-corrected chi connectivity index (χ0v) is 9.89. The predicted octanol–water partition coefficient (Wildman–Crippen LogP) is 1.63. The Kier molecular flexibility index (Phi) is 3.32. The van der Waals surface area contributed by atoms with Gasteiger partial charge in [0.05, 0.1) is 13.7 Å². The van der Waals surface area contributed by atoms with Crippen LogP contribution < -0.4 is 16.0 Å². The Bertz CT molecular complexity index is 623. The molecule has 1 aromatic heterocycles. The number of halogens is 1. The van der Waals surface area contributed by atoms with Crippen molar-refractivity contribution in [1.29, 1.82) is 0 Å². The van der Waals surface area contributed by atoms with Gasteiger partial charge in [-0.15, -0.1) is 0 Å². The average Bonchev–Trinajstić information content (AvgIpc) is 2.36. The first-order valence-electron chi connectivity index (χ1n) is 5.39. The van der Waals surface area contributed by atoms with E-state index in [2.05, 4.69) is 0 Å². The highest BCUT2D eigenvalue weighted by Gasteiger charge is 2.09. The Morgan fingerprint density at radius 2 is 2.11 bits per heavy atom. The molecular formula is C13H13FN2O2. The number of benzene rings is 1. The number of aromatic nitrogens is 1. The van der Waals surface area contributed by atoms with Crippen LogP contribution in [0.1, 0.15) is 5.56 Å². The maximum atomic E-state index is 13.9. The minimum Gasteiger partial charge on any atom is -0.494 e. The molecule has 0 aliphatic carbocycles. The standard InChI is InChI=1S/C13H13FN2O2/c1-18-11-4-2-3-9(13(11)14)7-16-8-10(15)5-6-12(16)17/h2-6,8H,7,15H2,1H3. The number of hydrogen-bond acceptors (Lipinski definition) is 3. The highest BCUT2D eigenvalue weighted by molar-refractivity contribution is 5.35. The number of nitrogen functional groups attached to an aromatic ring is 1. The number of methoxy groups -OCH3 is 1. The van der Waals surface area contributed by atoms with E-state index in [4.69, 9.17) is 10.5 Å². The zero-order valence-electron chi connectivity index (χ0n) is 9.89. The van der Waals surface area contributed by atoms with Gasteiger partial charge in [0.25, 0.3) is 5.56 Å². The maximum absolute atomic E-state index is 13.9. The van der Waals surface area contributed by atoms with E-state index < -0.39 is 5.82 Å². The number of nitrogens with two attached hydrogens (primary N) is 1. The van der Waals surface area contributed by atoms with Crippen LogP contribution in [0.2, 0.25) is 0 Å². The predicted molar refractivity (Wildman–Crippen MR) is 67.2 cm³/mol. The third kappa shape index (κ3) is 2.34. The highest BCUT2D eigenvalue weighted by atomic mass is 19.1. The summed E-state index contributed by atoms with van der Waals surface area (Å²) in [5.41, 5.74) is 6.20.